The summed E-state index contributed by atoms with van der Waals surface area (Å²) in [5, 5.41) is 16.9. The van der Waals surface area contributed by atoms with Gasteiger partial charge in [0.2, 0.25) is 11.6 Å². The minimum atomic E-state index is 0.494. The van der Waals surface area contributed by atoms with E-state index >= 15 is 0 Å². The maximum atomic E-state index is 4.68. The van der Waals surface area contributed by atoms with Crippen LogP contribution in [0.1, 0.15) is 11.1 Å². The van der Waals surface area contributed by atoms with Gasteiger partial charge in [-0.05, 0) is 48.4 Å². The van der Waals surface area contributed by atoms with E-state index in [0.717, 1.165) is 22.3 Å². The van der Waals surface area contributed by atoms with Crippen molar-refractivity contribution in [3.63, 3.8) is 0 Å². The maximum Gasteiger partial charge on any atom is 0.247 e. The molecule has 3 aromatic carbocycles. The number of fused-ring (bicyclic) bond motifs is 2. The zero-order valence-corrected chi connectivity index (χ0v) is 18.6. The number of anilines is 4. The van der Waals surface area contributed by atoms with Crippen molar-refractivity contribution in [2.75, 3.05) is 10.6 Å². The van der Waals surface area contributed by atoms with E-state index < -0.39 is 0 Å². The smallest absolute Gasteiger partial charge is 0.247 e. The lowest BCUT2D eigenvalue weighted by atomic mass is 10.2. The van der Waals surface area contributed by atoms with Crippen LogP contribution in [0.15, 0.2) is 91.4 Å². The van der Waals surface area contributed by atoms with Crippen molar-refractivity contribution in [2.24, 2.45) is 0 Å². The quantitative estimate of drug-likeness (QED) is 0.360. The normalized spacial score (nSPS) is 11.2. The summed E-state index contributed by atoms with van der Waals surface area (Å²) in [4.78, 5) is 9.14. The van der Waals surface area contributed by atoms with Gasteiger partial charge < -0.3 is 10.6 Å². The molecule has 0 atom stereocenters. The summed E-state index contributed by atoms with van der Waals surface area (Å²) in [6.07, 6.45) is 5.38. The van der Waals surface area contributed by atoms with Crippen LogP contribution >= 0.6 is 0 Å². The Morgan fingerprint density at radius 2 is 1.76 bits per heavy atom. The molecule has 0 fully saturated rings. The first-order valence-electron chi connectivity index (χ1n) is 11.0. The lowest BCUT2D eigenvalue weighted by Gasteiger charge is -2.06. The van der Waals surface area contributed by atoms with Crippen molar-refractivity contribution in [3.8, 4) is 0 Å². The number of rotatable bonds is 6. The molecular formula is C26H22N8. The Bertz CT molecular complexity index is 1600. The van der Waals surface area contributed by atoms with Crippen molar-refractivity contribution in [1.29, 1.82) is 0 Å². The molecule has 8 heteroatoms. The number of hydrogen-bond acceptors (Lipinski definition) is 6. The summed E-state index contributed by atoms with van der Waals surface area (Å²) >= 11 is 0. The molecule has 0 saturated carbocycles. The van der Waals surface area contributed by atoms with Gasteiger partial charge in [0.1, 0.15) is 0 Å². The van der Waals surface area contributed by atoms with Gasteiger partial charge in [-0.3, -0.25) is 4.68 Å². The molecule has 0 aliphatic heterocycles. The number of benzene rings is 3. The van der Waals surface area contributed by atoms with Crippen LogP contribution in [0.4, 0.5) is 23.1 Å². The first-order valence-corrected chi connectivity index (χ1v) is 11.0. The largest absolute Gasteiger partial charge is 0.337 e. The Morgan fingerprint density at radius 3 is 2.65 bits per heavy atom. The third-order valence-electron chi connectivity index (χ3n) is 5.61. The molecule has 0 aliphatic carbocycles. The fourth-order valence-corrected chi connectivity index (χ4v) is 3.98. The summed E-state index contributed by atoms with van der Waals surface area (Å²) < 4.78 is 3.71. The second-order valence-electron chi connectivity index (χ2n) is 8.16. The molecule has 0 unspecified atom stereocenters. The van der Waals surface area contributed by atoms with Crippen molar-refractivity contribution in [3.05, 3.63) is 103 Å². The van der Waals surface area contributed by atoms with E-state index in [1.807, 2.05) is 53.3 Å². The maximum absolute atomic E-state index is 4.68. The van der Waals surface area contributed by atoms with Gasteiger partial charge in [-0.25, -0.2) is 9.50 Å². The molecule has 0 saturated heterocycles. The second kappa shape index (κ2) is 8.32. The molecule has 3 heterocycles. The van der Waals surface area contributed by atoms with E-state index in [1.54, 1.807) is 16.9 Å². The minimum absolute atomic E-state index is 0.494. The fourth-order valence-electron chi connectivity index (χ4n) is 3.98. The number of nitrogens with one attached hydrogen (secondary N) is 2. The second-order valence-corrected chi connectivity index (χ2v) is 8.16. The third kappa shape index (κ3) is 3.93. The molecule has 8 nitrogen and oxygen atoms in total. The Kier molecular flexibility index (Phi) is 4.88. The van der Waals surface area contributed by atoms with Gasteiger partial charge in [-0.2, -0.15) is 10.1 Å². The molecule has 0 aliphatic rings. The van der Waals surface area contributed by atoms with Crippen LogP contribution in [0.5, 0.6) is 0 Å². The van der Waals surface area contributed by atoms with Crippen LogP contribution in [0, 0.1) is 6.92 Å². The Morgan fingerprint density at radius 1 is 0.882 bits per heavy atom. The van der Waals surface area contributed by atoms with Gasteiger partial charge in [-0.1, -0.05) is 42.5 Å². The molecule has 2 N–H and O–H groups in total. The topological polar surface area (TPSA) is 85.0 Å². The van der Waals surface area contributed by atoms with E-state index in [4.69, 9.17) is 0 Å². The molecule has 6 aromatic rings. The Labute approximate surface area is 195 Å². The summed E-state index contributed by atoms with van der Waals surface area (Å²) in [5.74, 6) is 1.14. The number of aryl methyl sites for hydroxylation is 1. The monoisotopic (exact) mass is 446 g/mol. The van der Waals surface area contributed by atoms with Gasteiger partial charge in [0.25, 0.3) is 0 Å². The van der Waals surface area contributed by atoms with Crippen LogP contribution < -0.4 is 10.6 Å². The lowest BCUT2D eigenvalue weighted by molar-refractivity contribution is 0.712. The first kappa shape index (κ1) is 19.9. The molecule has 0 spiro atoms. The highest BCUT2D eigenvalue weighted by atomic mass is 15.4. The summed E-state index contributed by atoms with van der Waals surface area (Å²) in [6, 6.07) is 24.6. The molecule has 0 amide bonds. The fraction of sp³-hybridized carbons (Fsp3) is 0.0769. The standard InChI is InChI=1S/C26H22N8/c1-18-6-5-9-21(14-18)29-24-25-31-26(32-33(25)13-12-27-24)30-22-11-10-20-16-28-34(23(20)15-22)17-19-7-3-2-4-8-19/h2-16H,17H2,1H3,(H,27,29)(H,30,32). The SMILES string of the molecule is Cc1cccc(Nc2nccn3nc(Nc4ccc5cnn(Cc6ccccc6)c5c4)nc23)c1. The van der Waals surface area contributed by atoms with E-state index in [1.165, 1.54) is 11.1 Å². The Hall–Kier alpha value is -4.72. The van der Waals surface area contributed by atoms with Crippen LogP contribution in [0.2, 0.25) is 0 Å². The van der Waals surface area contributed by atoms with Crippen molar-refractivity contribution in [2.45, 2.75) is 13.5 Å². The van der Waals surface area contributed by atoms with Crippen LogP contribution in [0.25, 0.3) is 16.6 Å². The van der Waals surface area contributed by atoms with E-state index in [-0.39, 0.29) is 0 Å². The zero-order chi connectivity index (χ0) is 22.9. The van der Waals surface area contributed by atoms with Crippen molar-refractivity contribution in [1.82, 2.24) is 29.4 Å². The van der Waals surface area contributed by atoms with Crippen LogP contribution in [0.3, 0.4) is 0 Å². The highest BCUT2D eigenvalue weighted by Crippen LogP contribution is 2.24. The molecule has 3 aromatic heterocycles. The first-order chi connectivity index (χ1) is 16.7. The molecule has 6 rings (SSSR count). The summed E-state index contributed by atoms with van der Waals surface area (Å²) in [6.45, 7) is 2.76. The van der Waals surface area contributed by atoms with E-state index in [2.05, 4.69) is 68.1 Å². The average molecular weight is 447 g/mol. The van der Waals surface area contributed by atoms with Gasteiger partial charge in [0.05, 0.1) is 18.3 Å². The van der Waals surface area contributed by atoms with E-state index in [9.17, 15) is 0 Å². The number of nitrogens with zero attached hydrogens (tertiary/aromatic N) is 6. The highest BCUT2D eigenvalue weighted by molar-refractivity contribution is 5.83. The predicted octanol–water partition coefficient (Wildman–Crippen LogP) is 5.32. The predicted molar refractivity (Wildman–Crippen MR) is 134 cm³/mol. The number of hydrogen-bond donors (Lipinski definition) is 2. The Balaban J connectivity index is 1.29. The zero-order valence-electron chi connectivity index (χ0n) is 18.6. The minimum Gasteiger partial charge on any atom is -0.337 e. The van der Waals surface area contributed by atoms with Crippen molar-refractivity contribution >= 4 is 39.7 Å². The van der Waals surface area contributed by atoms with E-state index in [0.29, 0.717) is 24.0 Å². The molecular weight excluding hydrogens is 424 g/mol. The van der Waals surface area contributed by atoms with Crippen LogP contribution in [-0.4, -0.2) is 29.4 Å². The van der Waals surface area contributed by atoms with Gasteiger partial charge in [0, 0.05) is 29.2 Å². The van der Waals surface area contributed by atoms with Crippen molar-refractivity contribution < 1.29 is 0 Å². The molecule has 0 radical (unpaired) electrons. The molecule has 34 heavy (non-hydrogen) atoms. The summed E-state index contributed by atoms with van der Waals surface area (Å²) in [7, 11) is 0. The van der Waals surface area contributed by atoms with Gasteiger partial charge in [-0.15, -0.1) is 5.10 Å². The van der Waals surface area contributed by atoms with Gasteiger partial charge in [0.15, 0.2) is 5.82 Å². The molecule has 166 valence electrons. The van der Waals surface area contributed by atoms with Crippen LogP contribution in [-0.2, 0) is 6.54 Å². The highest BCUT2D eigenvalue weighted by Gasteiger charge is 2.11. The third-order valence-corrected chi connectivity index (χ3v) is 5.61. The molecule has 0 bridgehead atoms. The average Bonchev–Trinajstić information content (AvgIpc) is 3.44. The number of aromatic nitrogens is 6. The lowest BCUT2D eigenvalue weighted by Crippen LogP contribution is -2.01. The summed E-state index contributed by atoms with van der Waals surface area (Å²) in [5.41, 5.74) is 5.90. The van der Waals surface area contributed by atoms with Gasteiger partial charge >= 0.3 is 0 Å².